The summed E-state index contributed by atoms with van der Waals surface area (Å²) in [6, 6.07) is 15.8. The lowest BCUT2D eigenvalue weighted by Gasteiger charge is -2.24. The number of benzene rings is 2. The van der Waals surface area contributed by atoms with Crippen molar-refractivity contribution in [2.45, 2.75) is 19.4 Å². The van der Waals surface area contributed by atoms with Gasteiger partial charge in [-0.05, 0) is 43.7 Å². The summed E-state index contributed by atoms with van der Waals surface area (Å²) in [5.74, 6) is -0.756. The minimum atomic E-state index is -1.20. The first-order valence-corrected chi connectivity index (χ1v) is 9.41. The van der Waals surface area contributed by atoms with Crippen molar-refractivity contribution in [2.75, 3.05) is 18.0 Å². The Bertz CT molecular complexity index is 887. The van der Waals surface area contributed by atoms with Crippen molar-refractivity contribution < 1.29 is 14.4 Å². The molecule has 1 atom stereocenters. The summed E-state index contributed by atoms with van der Waals surface area (Å²) in [5.41, 5.74) is 0.178. The molecule has 0 radical (unpaired) electrons. The predicted octanol–water partition coefficient (Wildman–Crippen LogP) is 3.27. The second-order valence-electron chi connectivity index (χ2n) is 6.43. The molecule has 0 spiro atoms. The first kappa shape index (κ1) is 19.1. The molecule has 4 amide bonds. The highest BCUT2D eigenvalue weighted by Gasteiger charge is 2.49. The van der Waals surface area contributed by atoms with E-state index in [1.165, 1.54) is 0 Å². The maximum absolute atomic E-state index is 13.0. The summed E-state index contributed by atoms with van der Waals surface area (Å²) >= 11 is 3.38. The maximum atomic E-state index is 13.0. The van der Waals surface area contributed by atoms with Crippen molar-refractivity contribution in [3.63, 3.8) is 0 Å². The number of hydrogen-bond donors (Lipinski definition) is 1. The van der Waals surface area contributed by atoms with E-state index in [1.54, 1.807) is 30.0 Å². The van der Waals surface area contributed by atoms with Gasteiger partial charge in [0.25, 0.3) is 5.91 Å². The third kappa shape index (κ3) is 3.60. The minimum absolute atomic E-state index is 0.309. The first-order chi connectivity index (χ1) is 12.9. The largest absolute Gasteiger partial charge is 0.325 e. The highest BCUT2D eigenvalue weighted by molar-refractivity contribution is 9.10. The molecule has 2 aromatic carbocycles. The number of halogens is 1. The van der Waals surface area contributed by atoms with Crippen LogP contribution < -0.4 is 10.2 Å². The molecule has 1 saturated heterocycles. The Hall–Kier alpha value is -2.67. The monoisotopic (exact) mass is 429 g/mol. The lowest BCUT2D eigenvalue weighted by molar-refractivity contribution is -0.134. The molecule has 7 heteroatoms. The molecule has 1 aliphatic heterocycles. The minimum Gasteiger partial charge on any atom is -0.319 e. The molecular weight excluding hydrogens is 410 g/mol. The average Bonchev–Trinajstić information content (AvgIpc) is 2.87. The molecule has 0 bridgehead atoms. The lowest BCUT2D eigenvalue weighted by atomic mass is 9.92. The van der Waals surface area contributed by atoms with Crippen LogP contribution in [0.5, 0.6) is 0 Å². The van der Waals surface area contributed by atoms with Gasteiger partial charge in [-0.1, -0.05) is 46.3 Å². The van der Waals surface area contributed by atoms with Crippen molar-refractivity contribution in [1.82, 2.24) is 10.2 Å². The van der Waals surface area contributed by atoms with Gasteiger partial charge < -0.3 is 10.2 Å². The lowest BCUT2D eigenvalue weighted by Crippen LogP contribution is -2.44. The summed E-state index contributed by atoms with van der Waals surface area (Å²) in [5, 5.41) is 2.72. The Morgan fingerprint density at radius 3 is 2.48 bits per heavy atom. The summed E-state index contributed by atoms with van der Waals surface area (Å²) in [6.45, 7) is 3.63. The van der Waals surface area contributed by atoms with Crippen LogP contribution in [-0.4, -0.2) is 35.8 Å². The molecule has 3 rings (SSSR count). The first-order valence-electron chi connectivity index (χ1n) is 8.62. The molecule has 2 aromatic rings. The fourth-order valence-electron chi connectivity index (χ4n) is 3.17. The number of para-hydroxylation sites is 1. The van der Waals surface area contributed by atoms with Crippen LogP contribution in [0.4, 0.5) is 10.5 Å². The number of amides is 4. The van der Waals surface area contributed by atoms with Gasteiger partial charge in [0.1, 0.15) is 12.1 Å². The Morgan fingerprint density at radius 2 is 1.85 bits per heavy atom. The second-order valence-corrected chi connectivity index (χ2v) is 7.35. The molecule has 27 heavy (non-hydrogen) atoms. The third-order valence-corrected chi connectivity index (χ3v) is 5.15. The fourth-order valence-corrected chi connectivity index (χ4v) is 3.57. The van der Waals surface area contributed by atoms with Gasteiger partial charge in [-0.2, -0.15) is 0 Å². The number of hydrogen-bond acceptors (Lipinski definition) is 3. The topological polar surface area (TPSA) is 69.7 Å². The number of nitrogens with one attached hydrogen (secondary N) is 1. The number of imide groups is 1. The normalized spacial score (nSPS) is 19.1. The molecule has 0 aliphatic carbocycles. The smallest absolute Gasteiger partial charge is 0.319 e. The Balaban J connectivity index is 1.82. The van der Waals surface area contributed by atoms with E-state index < -0.39 is 17.5 Å². The maximum Gasteiger partial charge on any atom is 0.325 e. The van der Waals surface area contributed by atoms with Gasteiger partial charge in [0.2, 0.25) is 5.91 Å². The number of urea groups is 1. The standard InChI is InChI=1S/C20H20BrN3O3/c1-3-23(16-10-5-4-6-11-16)17(25)13-24-18(26)20(2,22-19(24)27)14-8-7-9-15(21)12-14/h4-12H,3,13H2,1-2H3,(H,22,27)/t20-/m0/s1. The number of carbonyl (C=O) groups is 3. The molecule has 0 unspecified atom stereocenters. The Labute approximate surface area is 166 Å². The van der Waals surface area contributed by atoms with Crippen LogP contribution in [0.15, 0.2) is 59.1 Å². The zero-order valence-electron chi connectivity index (χ0n) is 15.1. The quantitative estimate of drug-likeness (QED) is 0.741. The van der Waals surface area contributed by atoms with Crippen molar-refractivity contribution in [3.8, 4) is 0 Å². The van der Waals surface area contributed by atoms with E-state index in [0.29, 0.717) is 12.1 Å². The van der Waals surface area contributed by atoms with Crippen LogP contribution >= 0.6 is 15.9 Å². The van der Waals surface area contributed by atoms with E-state index >= 15 is 0 Å². The average molecular weight is 430 g/mol. The van der Waals surface area contributed by atoms with Crippen molar-refractivity contribution in [1.29, 1.82) is 0 Å². The highest BCUT2D eigenvalue weighted by atomic mass is 79.9. The van der Waals surface area contributed by atoms with E-state index in [2.05, 4.69) is 21.2 Å². The van der Waals surface area contributed by atoms with Crippen LogP contribution in [0.2, 0.25) is 0 Å². The zero-order valence-corrected chi connectivity index (χ0v) is 16.7. The van der Waals surface area contributed by atoms with Crippen LogP contribution in [0.3, 0.4) is 0 Å². The number of carbonyl (C=O) groups excluding carboxylic acids is 3. The number of likely N-dealkylation sites (N-methyl/N-ethyl adjacent to an activating group) is 1. The molecule has 0 saturated carbocycles. The summed E-state index contributed by atoms with van der Waals surface area (Å²) in [7, 11) is 0. The summed E-state index contributed by atoms with van der Waals surface area (Å²) in [4.78, 5) is 40.7. The number of anilines is 1. The highest BCUT2D eigenvalue weighted by Crippen LogP contribution is 2.30. The molecule has 0 aromatic heterocycles. The second kappa shape index (κ2) is 7.52. The van der Waals surface area contributed by atoms with Crippen LogP contribution in [0.25, 0.3) is 0 Å². The van der Waals surface area contributed by atoms with E-state index in [1.807, 2.05) is 43.3 Å². The van der Waals surface area contributed by atoms with E-state index in [9.17, 15) is 14.4 Å². The third-order valence-electron chi connectivity index (χ3n) is 4.66. The molecule has 1 heterocycles. The molecule has 1 aliphatic rings. The Kier molecular flexibility index (Phi) is 5.32. The van der Waals surface area contributed by atoms with Gasteiger partial charge in [0.15, 0.2) is 0 Å². The van der Waals surface area contributed by atoms with E-state index in [0.717, 1.165) is 15.1 Å². The van der Waals surface area contributed by atoms with E-state index in [4.69, 9.17) is 0 Å². The van der Waals surface area contributed by atoms with Gasteiger partial charge >= 0.3 is 6.03 Å². The van der Waals surface area contributed by atoms with Gasteiger partial charge in [-0.15, -0.1) is 0 Å². The van der Waals surface area contributed by atoms with E-state index in [-0.39, 0.29) is 12.5 Å². The number of nitrogens with zero attached hydrogens (tertiary/aromatic N) is 2. The van der Waals surface area contributed by atoms with Gasteiger partial charge in [0, 0.05) is 16.7 Å². The molecule has 1 N–H and O–H groups in total. The summed E-state index contributed by atoms with van der Waals surface area (Å²) < 4.78 is 0.805. The van der Waals surface area contributed by atoms with Crippen molar-refractivity contribution in [3.05, 3.63) is 64.6 Å². The molecule has 1 fully saturated rings. The van der Waals surface area contributed by atoms with Crippen LogP contribution in [-0.2, 0) is 15.1 Å². The molecule has 6 nitrogen and oxygen atoms in total. The van der Waals surface area contributed by atoms with Crippen LogP contribution in [0, 0.1) is 0 Å². The van der Waals surface area contributed by atoms with Gasteiger partial charge in [-0.3, -0.25) is 14.5 Å². The molecule has 140 valence electrons. The van der Waals surface area contributed by atoms with Gasteiger partial charge in [0.05, 0.1) is 0 Å². The fraction of sp³-hybridized carbons (Fsp3) is 0.250. The Morgan fingerprint density at radius 1 is 1.15 bits per heavy atom. The van der Waals surface area contributed by atoms with Crippen LogP contribution in [0.1, 0.15) is 19.4 Å². The zero-order chi connectivity index (χ0) is 19.6. The predicted molar refractivity (Wildman–Crippen MR) is 106 cm³/mol. The SMILES string of the molecule is CCN(C(=O)CN1C(=O)N[C@@](C)(c2cccc(Br)c2)C1=O)c1ccccc1. The van der Waals surface area contributed by atoms with Crippen molar-refractivity contribution in [2.24, 2.45) is 0 Å². The number of rotatable bonds is 5. The van der Waals surface area contributed by atoms with Crippen molar-refractivity contribution >= 4 is 39.5 Å². The molecular formula is C20H20BrN3O3. The summed E-state index contributed by atoms with van der Waals surface area (Å²) in [6.07, 6.45) is 0. The van der Waals surface area contributed by atoms with Gasteiger partial charge in [-0.25, -0.2) is 4.79 Å².